The molecule has 4 heteroatoms. The van der Waals surface area contributed by atoms with Crippen molar-refractivity contribution in [3.8, 4) is 12.1 Å². The fourth-order valence-corrected chi connectivity index (χ4v) is 1.58. The number of allylic oxidation sites excluding steroid dienone is 1. The summed E-state index contributed by atoms with van der Waals surface area (Å²) in [5.41, 5.74) is 2.83. The van der Waals surface area contributed by atoms with Crippen LogP contribution < -0.4 is 10.6 Å². The fourth-order valence-electron chi connectivity index (χ4n) is 1.58. The van der Waals surface area contributed by atoms with Gasteiger partial charge in [0, 0.05) is 23.3 Å². The van der Waals surface area contributed by atoms with Gasteiger partial charge in [-0.15, -0.1) is 0 Å². The van der Waals surface area contributed by atoms with Crippen molar-refractivity contribution in [2.75, 3.05) is 10.6 Å². The molecule has 2 aromatic carbocycles. The summed E-state index contributed by atoms with van der Waals surface area (Å²) in [6, 6.07) is 21.0. The van der Waals surface area contributed by atoms with E-state index < -0.39 is 0 Å². The van der Waals surface area contributed by atoms with E-state index in [1.165, 1.54) is 6.20 Å². The lowest BCUT2D eigenvalue weighted by Crippen LogP contribution is -1.92. The van der Waals surface area contributed by atoms with Gasteiger partial charge in [0.2, 0.25) is 0 Å². The van der Waals surface area contributed by atoms with Crippen LogP contribution >= 0.6 is 0 Å². The van der Waals surface area contributed by atoms with Gasteiger partial charge < -0.3 is 10.6 Å². The molecule has 0 aliphatic rings. The zero-order chi connectivity index (χ0) is 14.2. The maximum atomic E-state index is 8.62. The van der Waals surface area contributed by atoms with Gasteiger partial charge in [-0.05, 0) is 36.4 Å². The van der Waals surface area contributed by atoms with E-state index in [4.69, 9.17) is 10.5 Å². The summed E-state index contributed by atoms with van der Waals surface area (Å²) in [7, 11) is 0. The average molecular weight is 260 g/mol. The Hall–Kier alpha value is -3.24. The Labute approximate surface area is 117 Å². The Morgan fingerprint density at radius 1 is 0.800 bits per heavy atom. The summed E-state index contributed by atoms with van der Waals surface area (Å²) in [6.07, 6.45) is 1.39. The van der Waals surface area contributed by atoms with E-state index in [-0.39, 0.29) is 5.57 Å². The van der Waals surface area contributed by atoms with Gasteiger partial charge in [0.05, 0.1) is 0 Å². The molecule has 4 nitrogen and oxygen atoms in total. The highest BCUT2D eigenvalue weighted by Crippen LogP contribution is 2.18. The predicted molar refractivity (Wildman–Crippen MR) is 79.1 cm³/mol. The lowest BCUT2D eigenvalue weighted by molar-refractivity contribution is 1.44. The molecule has 0 amide bonds. The third-order valence-corrected chi connectivity index (χ3v) is 2.57. The number of anilines is 3. The standard InChI is InChI=1S/C16H12N4/c17-10-13(11-18)12-19-14-6-8-16(9-7-14)20-15-4-2-1-3-5-15/h1-9,12,19-20H. The summed E-state index contributed by atoms with van der Waals surface area (Å²) in [5.74, 6) is 0. The third-order valence-electron chi connectivity index (χ3n) is 2.57. The van der Waals surface area contributed by atoms with E-state index in [0.29, 0.717) is 0 Å². The highest BCUT2D eigenvalue weighted by Gasteiger charge is 1.95. The van der Waals surface area contributed by atoms with Gasteiger partial charge in [0.25, 0.3) is 0 Å². The summed E-state index contributed by atoms with van der Waals surface area (Å²) in [5, 5.41) is 23.4. The number of hydrogen-bond acceptors (Lipinski definition) is 4. The van der Waals surface area contributed by atoms with Crippen LogP contribution in [-0.2, 0) is 0 Å². The molecule has 0 atom stereocenters. The first kappa shape index (κ1) is 13.2. The van der Waals surface area contributed by atoms with Gasteiger partial charge in [-0.1, -0.05) is 18.2 Å². The van der Waals surface area contributed by atoms with Crippen LogP contribution in [0.25, 0.3) is 0 Å². The predicted octanol–water partition coefficient (Wildman–Crippen LogP) is 3.77. The molecule has 2 aromatic rings. The molecule has 20 heavy (non-hydrogen) atoms. The minimum atomic E-state index is 0.0384. The second kappa shape index (κ2) is 6.63. The first-order chi connectivity index (χ1) is 9.81. The van der Waals surface area contributed by atoms with Crippen molar-refractivity contribution in [3.05, 3.63) is 66.4 Å². The topological polar surface area (TPSA) is 71.6 Å². The van der Waals surface area contributed by atoms with E-state index >= 15 is 0 Å². The molecular weight excluding hydrogens is 248 g/mol. The van der Waals surface area contributed by atoms with Crippen LogP contribution in [-0.4, -0.2) is 0 Å². The summed E-state index contributed by atoms with van der Waals surface area (Å²) >= 11 is 0. The van der Waals surface area contributed by atoms with Crippen LogP contribution in [0.5, 0.6) is 0 Å². The maximum absolute atomic E-state index is 8.62. The highest BCUT2D eigenvalue weighted by atomic mass is 14.9. The van der Waals surface area contributed by atoms with Crippen molar-refractivity contribution < 1.29 is 0 Å². The van der Waals surface area contributed by atoms with Crippen molar-refractivity contribution in [1.29, 1.82) is 10.5 Å². The van der Waals surface area contributed by atoms with Crippen molar-refractivity contribution in [2.24, 2.45) is 0 Å². The first-order valence-electron chi connectivity index (χ1n) is 6.01. The number of nitrogens with zero attached hydrogens (tertiary/aromatic N) is 2. The highest BCUT2D eigenvalue weighted by molar-refractivity contribution is 5.62. The Bertz CT molecular complexity index is 657. The molecular formula is C16H12N4. The van der Waals surface area contributed by atoms with E-state index in [0.717, 1.165) is 17.1 Å². The Morgan fingerprint density at radius 2 is 1.35 bits per heavy atom. The summed E-state index contributed by atoms with van der Waals surface area (Å²) in [6.45, 7) is 0. The minimum Gasteiger partial charge on any atom is -0.360 e. The van der Waals surface area contributed by atoms with Crippen molar-refractivity contribution >= 4 is 17.1 Å². The second-order valence-corrected chi connectivity index (χ2v) is 3.99. The first-order valence-corrected chi connectivity index (χ1v) is 6.01. The number of hydrogen-bond donors (Lipinski definition) is 2. The number of benzene rings is 2. The van der Waals surface area contributed by atoms with Gasteiger partial charge in [-0.2, -0.15) is 10.5 Å². The molecule has 0 spiro atoms. The largest absolute Gasteiger partial charge is 0.360 e. The molecule has 2 N–H and O–H groups in total. The lowest BCUT2D eigenvalue weighted by atomic mass is 10.2. The van der Waals surface area contributed by atoms with E-state index in [9.17, 15) is 0 Å². The molecule has 0 heterocycles. The monoisotopic (exact) mass is 260 g/mol. The second-order valence-electron chi connectivity index (χ2n) is 3.99. The van der Waals surface area contributed by atoms with Gasteiger partial charge >= 0.3 is 0 Å². The molecule has 0 radical (unpaired) electrons. The summed E-state index contributed by atoms with van der Waals surface area (Å²) in [4.78, 5) is 0. The van der Waals surface area contributed by atoms with Crippen LogP contribution in [0.15, 0.2) is 66.4 Å². The molecule has 0 saturated heterocycles. The van der Waals surface area contributed by atoms with Gasteiger partial charge in [-0.25, -0.2) is 0 Å². The lowest BCUT2D eigenvalue weighted by Gasteiger charge is -2.07. The zero-order valence-corrected chi connectivity index (χ0v) is 10.7. The van der Waals surface area contributed by atoms with Crippen LogP contribution in [0, 0.1) is 22.7 Å². The molecule has 0 unspecified atom stereocenters. The quantitative estimate of drug-likeness (QED) is 0.821. The molecule has 0 saturated carbocycles. The molecule has 0 aliphatic carbocycles. The molecule has 2 rings (SSSR count). The van der Waals surface area contributed by atoms with Crippen LogP contribution in [0.2, 0.25) is 0 Å². The van der Waals surface area contributed by atoms with E-state index in [1.54, 1.807) is 12.1 Å². The molecule has 0 bridgehead atoms. The number of para-hydroxylation sites is 1. The van der Waals surface area contributed by atoms with Gasteiger partial charge in [0.15, 0.2) is 0 Å². The van der Waals surface area contributed by atoms with Crippen molar-refractivity contribution in [3.63, 3.8) is 0 Å². The van der Waals surface area contributed by atoms with Crippen LogP contribution in [0.4, 0.5) is 17.1 Å². The van der Waals surface area contributed by atoms with E-state index in [2.05, 4.69) is 10.6 Å². The van der Waals surface area contributed by atoms with Gasteiger partial charge in [-0.3, -0.25) is 0 Å². The maximum Gasteiger partial charge on any atom is 0.145 e. The Morgan fingerprint density at radius 3 is 1.95 bits per heavy atom. The molecule has 0 fully saturated rings. The zero-order valence-electron chi connectivity index (χ0n) is 10.7. The van der Waals surface area contributed by atoms with Crippen LogP contribution in [0.1, 0.15) is 0 Å². The number of nitrogens with one attached hydrogen (secondary N) is 2. The molecule has 0 aliphatic heterocycles. The van der Waals surface area contributed by atoms with Gasteiger partial charge in [0.1, 0.15) is 17.7 Å². The number of nitriles is 2. The summed E-state index contributed by atoms with van der Waals surface area (Å²) < 4.78 is 0. The van der Waals surface area contributed by atoms with Crippen LogP contribution in [0.3, 0.4) is 0 Å². The molecule has 96 valence electrons. The fraction of sp³-hybridized carbons (Fsp3) is 0. The van der Waals surface area contributed by atoms with Crippen molar-refractivity contribution in [1.82, 2.24) is 0 Å². The van der Waals surface area contributed by atoms with Crippen molar-refractivity contribution in [2.45, 2.75) is 0 Å². The SMILES string of the molecule is N#CC(C#N)=CNc1ccc(Nc2ccccc2)cc1. The number of rotatable bonds is 4. The Balaban J connectivity index is 2.02. The average Bonchev–Trinajstić information content (AvgIpc) is 2.51. The van der Waals surface area contributed by atoms with E-state index in [1.807, 2.05) is 54.6 Å². The Kier molecular flexibility index (Phi) is 4.37. The normalized spacial score (nSPS) is 8.90. The minimum absolute atomic E-state index is 0.0384. The smallest absolute Gasteiger partial charge is 0.145 e. The molecule has 0 aromatic heterocycles. The third kappa shape index (κ3) is 3.63.